The molecule has 8 nitrogen and oxygen atoms in total. The SMILES string of the molecule is C=CCCCCOC(=O)[C@H]1[C@@H]2OC3(CC2Br)C(C(=O)N(CC=C)c2ccc4ccccc4c2)N(CCCCCO)C(=O)[C@H]13. The lowest BCUT2D eigenvalue weighted by molar-refractivity contribution is -0.155. The van der Waals surface area contributed by atoms with Crippen molar-refractivity contribution >= 4 is 50.2 Å². The van der Waals surface area contributed by atoms with Gasteiger partial charge in [0.15, 0.2) is 0 Å². The zero-order valence-electron chi connectivity index (χ0n) is 24.5. The van der Waals surface area contributed by atoms with Gasteiger partial charge >= 0.3 is 5.97 Å². The van der Waals surface area contributed by atoms with E-state index in [-0.39, 0.29) is 36.4 Å². The second-order valence-electron chi connectivity index (χ2n) is 11.7. The molecular formula is C34H41BrN2O6. The number of aliphatic hydroxyl groups is 1. The molecule has 2 aromatic rings. The topological polar surface area (TPSA) is 96.4 Å². The number of hydrogen-bond acceptors (Lipinski definition) is 6. The third kappa shape index (κ3) is 5.91. The van der Waals surface area contributed by atoms with Crippen molar-refractivity contribution in [2.45, 2.75) is 67.5 Å². The Hall–Kier alpha value is -3.01. The summed E-state index contributed by atoms with van der Waals surface area (Å²) in [5.41, 5.74) is -0.457. The number of carbonyl (C=O) groups is 3. The Kier molecular flexibility index (Phi) is 10.0. The molecule has 2 amide bonds. The number of unbranched alkanes of at least 4 members (excludes halogenated alkanes) is 4. The Morgan fingerprint density at radius 3 is 2.63 bits per heavy atom. The van der Waals surface area contributed by atoms with Crippen LogP contribution in [0.15, 0.2) is 67.8 Å². The van der Waals surface area contributed by atoms with Crippen LogP contribution in [0.1, 0.15) is 44.9 Å². The molecule has 3 heterocycles. The van der Waals surface area contributed by atoms with Crippen molar-refractivity contribution < 1.29 is 29.0 Å². The molecule has 9 heteroatoms. The van der Waals surface area contributed by atoms with E-state index < -0.39 is 35.6 Å². The lowest BCUT2D eigenvalue weighted by Gasteiger charge is -2.37. The van der Waals surface area contributed by atoms with Crippen LogP contribution in [-0.4, -0.2) is 76.7 Å². The molecule has 3 saturated heterocycles. The molecule has 1 spiro atoms. The molecule has 0 saturated carbocycles. The summed E-state index contributed by atoms with van der Waals surface area (Å²) in [5.74, 6) is -2.54. The van der Waals surface area contributed by atoms with E-state index in [0.717, 1.165) is 23.6 Å². The van der Waals surface area contributed by atoms with Crippen LogP contribution in [0.2, 0.25) is 0 Å². The first-order valence-corrected chi connectivity index (χ1v) is 16.2. The molecule has 2 bridgehead atoms. The molecule has 6 atom stereocenters. The van der Waals surface area contributed by atoms with Gasteiger partial charge in [0, 0.05) is 30.2 Å². The number of halogens is 1. The summed E-state index contributed by atoms with van der Waals surface area (Å²) in [5, 5.41) is 11.4. The number of amides is 2. The van der Waals surface area contributed by atoms with Gasteiger partial charge in [0.05, 0.1) is 24.5 Å². The highest BCUT2D eigenvalue weighted by atomic mass is 79.9. The van der Waals surface area contributed by atoms with E-state index in [0.29, 0.717) is 44.3 Å². The Labute approximate surface area is 261 Å². The highest BCUT2D eigenvalue weighted by molar-refractivity contribution is 9.09. The summed E-state index contributed by atoms with van der Waals surface area (Å²) in [6.07, 6.45) is 7.73. The van der Waals surface area contributed by atoms with Gasteiger partial charge in [-0.1, -0.05) is 58.4 Å². The van der Waals surface area contributed by atoms with E-state index in [9.17, 15) is 19.5 Å². The Bertz CT molecular complexity index is 1370. The molecule has 3 fully saturated rings. The number of ether oxygens (including phenoxy) is 2. The van der Waals surface area contributed by atoms with Crippen LogP contribution in [0.4, 0.5) is 5.69 Å². The van der Waals surface area contributed by atoms with Crippen molar-refractivity contribution in [3.63, 3.8) is 0 Å². The highest BCUT2D eigenvalue weighted by Crippen LogP contribution is 2.60. The van der Waals surface area contributed by atoms with Gasteiger partial charge in [-0.05, 0) is 67.9 Å². The van der Waals surface area contributed by atoms with Gasteiger partial charge in [0.1, 0.15) is 11.6 Å². The van der Waals surface area contributed by atoms with Crippen LogP contribution in [0, 0.1) is 11.8 Å². The molecule has 0 aromatic heterocycles. The average Bonchev–Trinajstić information content (AvgIpc) is 3.60. The minimum atomic E-state index is -1.16. The van der Waals surface area contributed by atoms with E-state index in [1.807, 2.05) is 48.5 Å². The second-order valence-corrected chi connectivity index (χ2v) is 12.9. The first kappa shape index (κ1) is 31.4. The standard InChI is InChI=1S/C34H41BrN2O6/c1-3-5-6-12-20-42-33(41)27-28-31(39)37(18-10-7-11-19-38)30(34(28)22-26(35)29(27)43-34)32(40)36(17-4-2)25-16-15-23-13-8-9-14-24(23)21-25/h3-4,8-9,13-16,21,26-30,38H,1-2,5-7,10-12,17-20,22H2/t26?,27-,28+,29-,30?,34?/m1/s1. The van der Waals surface area contributed by atoms with Gasteiger partial charge in [-0.3, -0.25) is 14.4 Å². The Morgan fingerprint density at radius 2 is 1.88 bits per heavy atom. The number of aliphatic hydroxyl groups excluding tert-OH is 1. The molecule has 0 radical (unpaired) electrons. The van der Waals surface area contributed by atoms with Crippen molar-refractivity contribution in [3.05, 3.63) is 67.8 Å². The van der Waals surface area contributed by atoms with E-state index in [4.69, 9.17) is 9.47 Å². The number of benzene rings is 2. The van der Waals surface area contributed by atoms with Crippen molar-refractivity contribution in [2.24, 2.45) is 11.8 Å². The molecule has 2 aromatic carbocycles. The quantitative estimate of drug-likeness (QED) is 0.123. The fourth-order valence-electron chi connectivity index (χ4n) is 7.09. The summed E-state index contributed by atoms with van der Waals surface area (Å²) in [4.78, 5) is 45.6. The molecule has 3 unspecified atom stereocenters. The van der Waals surface area contributed by atoms with Crippen molar-refractivity contribution in [1.82, 2.24) is 4.90 Å². The van der Waals surface area contributed by atoms with E-state index in [1.165, 1.54) is 0 Å². The van der Waals surface area contributed by atoms with Gasteiger partial charge in [-0.2, -0.15) is 0 Å². The molecule has 3 aliphatic heterocycles. The van der Waals surface area contributed by atoms with E-state index in [1.54, 1.807) is 15.9 Å². The molecule has 1 N–H and O–H groups in total. The molecular weight excluding hydrogens is 612 g/mol. The number of carbonyl (C=O) groups excluding carboxylic acids is 3. The largest absolute Gasteiger partial charge is 0.465 e. The van der Waals surface area contributed by atoms with Gasteiger partial charge in [-0.25, -0.2) is 0 Å². The van der Waals surface area contributed by atoms with E-state index >= 15 is 0 Å². The fraction of sp³-hybridized carbons (Fsp3) is 0.500. The van der Waals surface area contributed by atoms with Gasteiger partial charge in [-0.15, -0.1) is 13.2 Å². The zero-order chi connectivity index (χ0) is 30.6. The smallest absolute Gasteiger partial charge is 0.312 e. The number of rotatable bonds is 15. The number of alkyl halides is 1. The number of nitrogens with zero attached hydrogens (tertiary/aromatic N) is 2. The van der Waals surface area contributed by atoms with Crippen LogP contribution >= 0.6 is 15.9 Å². The predicted molar refractivity (Wildman–Crippen MR) is 170 cm³/mol. The summed E-state index contributed by atoms with van der Waals surface area (Å²) in [6, 6.07) is 12.9. The van der Waals surface area contributed by atoms with Crippen molar-refractivity contribution in [3.8, 4) is 0 Å². The number of likely N-dealkylation sites (tertiary alicyclic amines) is 1. The zero-order valence-corrected chi connectivity index (χ0v) is 26.1. The summed E-state index contributed by atoms with van der Waals surface area (Å²) in [6.45, 7) is 8.54. The number of fused-ring (bicyclic) bond motifs is 2. The van der Waals surface area contributed by atoms with Crippen LogP contribution < -0.4 is 4.90 Å². The van der Waals surface area contributed by atoms with Crippen molar-refractivity contribution in [1.29, 1.82) is 0 Å². The second kappa shape index (κ2) is 13.7. The summed E-state index contributed by atoms with van der Waals surface area (Å²) in [7, 11) is 0. The monoisotopic (exact) mass is 652 g/mol. The maximum Gasteiger partial charge on any atom is 0.312 e. The van der Waals surface area contributed by atoms with Gasteiger partial charge < -0.3 is 24.4 Å². The molecule has 43 heavy (non-hydrogen) atoms. The maximum absolute atomic E-state index is 14.7. The maximum atomic E-state index is 14.7. The van der Waals surface area contributed by atoms with Gasteiger partial charge in [0.2, 0.25) is 5.91 Å². The summed E-state index contributed by atoms with van der Waals surface area (Å²) < 4.78 is 12.3. The lowest BCUT2D eigenvalue weighted by Crippen LogP contribution is -2.57. The van der Waals surface area contributed by atoms with E-state index in [2.05, 4.69) is 29.1 Å². The normalized spacial score (nSPS) is 27.3. The number of anilines is 1. The first-order chi connectivity index (χ1) is 20.9. The van der Waals surface area contributed by atoms with Crippen molar-refractivity contribution in [2.75, 3.05) is 31.2 Å². The third-order valence-corrected chi connectivity index (χ3v) is 9.87. The average molecular weight is 654 g/mol. The third-order valence-electron chi connectivity index (χ3n) is 9.02. The van der Waals surface area contributed by atoms with Crippen LogP contribution in [0.25, 0.3) is 10.8 Å². The Morgan fingerprint density at radius 1 is 1.09 bits per heavy atom. The van der Waals surface area contributed by atoms with Crippen LogP contribution in [-0.2, 0) is 23.9 Å². The number of esters is 1. The molecule has 5 rings (SSSR count). The fourth-order valence-corrected chi connectivity index (χ4v) is 8.04. The molecule has 3 aliphatic rings. The lowest BCUT2D eigenvalue weighted by atomic mass is 9.70. The minimum absolute atomic E-state index is 0.0642. The summed E-state index contributed by atoms with van der Waals surface area (Å²) >= 11 is 3.72. The Balaban J connectivity index is 1.49. The predicted octanol–water partition coefficient (Wildman–Crippen LogP) is 5.17. The molecule has 0 aliphatic carbocycles. The van der Waals surface area contributed by atoms with Gasteiger partial charge in [0.25, 0.3) is 5.91 Å². The number of allylic oxidation sites excluding steroid dienone is 1. The molecule has 230 valence electrons. The van der Waals surface area contributed by atoms with Crippen LogP contribution in [0.3, 0.4) is 0 Å². The first-order valence-electron chi connectivity index (χ1n) is 15.3. The number of hydrogen-bond donors (Lipinski definition) is 1. The van der Waals surface area contributed by atoms with Crippen LogP contribution in [0.5, 0.6) is 0 Å². The highest BCUT2D eigenvalue weighted by Gasteiger charge is 2.77. The minimum Gasteiger partial charge on any atom is -0.465 e.